The summed E-state index contributed by atoms with van der Waals surface area (Å²) in [7, 11) is 0. The minimum absolute atomic E-state index is 0.0670. The molecule has 0 saturated heterocycles. The Balaban J connectivity index is 1.87. The molecule has 0 spiro atoms. The van der Waals surface area contributed by atoms with E-state index in [-0.39, 0.29) is 13.4 Å². The van der Waals surface area contributed by atoms with Gasteiger partial charge in [-0.3, -0.25) is 0 Å². The smallest absolute Gasteiger partial charge is 0.231 e. The molecular formula is C15H20O4. The van der Waals surface area contributed by atoms with Crippen molar-refractivity contribution in [1.82, 2.24) is 0 Å². The second kappa shape index (κ2) is 7.04. The Morgan fingerprint density at radius 2 is 2.00 bits per heavy atom. The lowest BCUT2D eigenvalue weighted by molar-refractivity contribution is 0.173. The Hall–Kier alpha value is -1.68. The highest BCUT2D eigenvalue weighted by Crippen LogP contribution is 2.38. The third kappa shape index (κ3) is 3.64. The van der Waals surface area contributed by atoms with Gasteiger partial charge in [0.1, 0.15) is 5.75 Å². The zero-order chi connectivity index (χ0) is 13.5. The maximum absolute atomic E-state index is 9.33. The molecule has 0 fully saturated rings. The molecule has 0 aliphatic carbocycles. The van der Waals surface area contributed by atoms with Gasteiger partial charge in [0.15, 0.2) is 11.5 Å². The summed E-state index contributed by atoms with van der Waals surface area (Å²) in [6.45, 7) is 4.50. The summed E-state index contributed by atoms with van der Waals surface area (Å²) in [6, 6.07) is 3.56. The number of aliphatic hydroxyl groups excluding tert-OH is 1. The van der Waals surface area contributed by atoms with Crippen molar-refractivity contribution >= 4 is 0 Å². The van der Waals surface area contributed by atoms with Gasteiger partial charge in [0.05, 0.1) is 13.2 Å². The van der Waals surface area contributed by atoms with Gasteiger partial charge in [-0.2, -0.15) is 0 Å². The zero-order valence-electron chi connectivity index (χ0n) is 11.1. The number of hydrogen-bond donors (Lipinski definition) is 1. The van der Waals surface area contributed by atoms with Crippen molar-refractivity contribution in [2.75, 3.05) is 13.4 Å². The summed E-state index contributed by atoms with van der Waals surface area (Å²) >= 11 is 0. The lowest BCUT2D eigenvalue weighted by Gasteiger charge is -2.11. The first-order valence-electron chi connectivity index (χ1n) is 6.62. The molecule has 1 aromatic carbocycles. The summed E-state index contributed by atoms with van der Waals surface area (Å²) in [5.74, 6) is 2.02. The first-order valence-corrected chi connectivity index (χ1v) is 6.62. The van der Waals surface area contributed by atoms with E-state index in [1.54, 1.807) is 12.1 Å². The molecular weight excluding hydrogens is 244 g/mol. The first kappa shape index (κ1) is 13.7. The van der Waals surface area contributed by atoms with E-state index in [9.17, 15) is 5.11 Å². The zero-order valence-corrected chi connectivity index (χ0v) is 11.1. The van der Waals surface area contributed by atoms with E-state index < -0.39 is 0 Å². The van der Waals surface area contributed by atoms with E-state index in [0.29, 0.717) is 23.9 Å². The van der Waals surface area contributed by atoms with Gasteiger partial charge in [-0.1, -0.05) is 6.08 Å². The Labute approximate surface area is 113 Å². The summed E-state index contributed by atoms with van der Waals surface area (Å²) in [5.41, 5.74) is 0.732. The van der Waals surface area contributed by atoms with Crippen LogP contribution in [0.3, 0.4) is 0 Å². The van der Waals surface area contributed by atoms with E-state index in [0.717, 1.165) is 31.2 Å². The highest BCUT2D eigenvalue weighted by Gasteiger charge is 2.17. The van der Waals surface area contributed by atoms with Crippen molar-refractivity contribution in [1.29, 1.82) is 0 Å². The standard InChI is InChI=1S/C15H20O4/c1-2-3-4-5-6-7-17-13-9-15-14(18-11-19-15)8-12(13)10-16/h2,8-9,16H,1,3-7,10-11H2. The van der Waals surface area contributed by atoms with Gasteiger partial charge in [0, 0.05) is 11.6 Å². The molecule has 1 aliphatic heterocycles. The first-order chi connectivity index (χ1) is 9.35. The average Bonchev–Trinajstić information content (AvgIpc) is 2.88. The predicted octanol–water partition coefficient (Wildman–Crippen LogP) is 3.03. The molecule has 1 aromatic rings. The van der Waals surface area contributed by atoms with Crippen LogP contribution in [0.5, 0.6) is 17.2 Å². The third-order valence-corrected chi connectivity index (χ3v) is 3.04. The fraction of sp³-hybridized carbons (Fsp3) is 0.467. The quantitative estimate of drug-likeness (QED) is 0.579. The van der Waals surface area contributed by atoms with Crippen LogP contribution < -0.4 is 14.2 Å². The van der Waals surface area contributed by atoms with Crippen molar-refractivity contribution in [2.24, 2.45) is 0 Å². The van der Waals surface area contributed by atoms with Gasteiger partial charge < -0.3 is 19.3 Å². The number of rotatable bonds is 8. The van der Waals surface area contributed by atoms with Gasteiger partial charge in [-0.05, 0) is 31.7 Å². The van der Waals surface area contributed by atoms with Crippen molar-refractivity contribution in [3.63, 3.8) is 0 Å². The van der Waals surface area contributed by atoms with E-state index >= 15 is 0 Å². The second-order valence-corrected chi connectivity index (χ2v) is 4.46. The molecule has 0 atom stereocenters. The number of aliphatic hydroxyl groups is 1. The molecule has 104 valence electrons. The second-order valence-electron chi connectivity index (χ2n) is 4.46. The third-order valence-electron chi connectivity index (χ3n) is 3.04. The molecule has 2 rings (SSSR count). The largest absolute Gasteiger partial charge is 0.493 e. The molecule has 1 N–H and O–H groups in total. The minimum Gasteiger partial charge on any atom is -0.493 e. The van der Waals surface area contributed by atoms with Crippen molar-refractivity contribution in [2.45, 2.75) is 32.3 Å². The van der Waals surface area contributed by atoms with E-state index in [1.807, 2.05) is 6.08 Å². The monoisotopic (exact) mass is 264 g/mol. The van der Waals surface area contributed by atoms with Gasteiger partial charge in [0.2, 0.25) is 6.79 Å². The molecule has 0 bridgehead atoms. The topological polar surface area (TPSA) is 47.9 Å². The van der Waals surface area contributed by atoms with E-state index in [2.05, 4.69) is 6.58 Å². The molecule has 0 unspecified atom stereocenters. The summed E-state index contributed by atoms with van der Waals surface area (Å²) in [4.78, 5) is 0. The number of benzene rings is 1. The fourth-order valence-corrected chi connectivity index (χ4v) is 1.97. The highest BCUT2D eigenvalue weighted by atomic mass is 16.7. The van der Waals surface area contributed by atoms with Crippen LogP contribution in [-0.2, 0) is 6.61 Å². The van der Waals surface area contributed by atoms with Crippen molar-refractivity contribution < 1.29 is 19.3 Å². The molecule has 4 nitrogen and oxygen atoms in total. The number of hydrogen-bond acceptors (Lipinski definition) is 4. The van der Waals surface area contributed by atoms with Crippen LogP contribution in [0.25, 0.3) is 0 Å². The summed E-state index contributed by atoms with van der Waals surface area (Å²) in [6.07, 6.45) is 6.23. The van der Waals surface area contributed by atoms with Gasteiger partial charge in [-0.25, -0.2) is 0 Å². The van der Waals surface area contributed by atoms with Crippen LogP contribution in [0.1, 0.15) is 31.2 Å². The Kier molecular flexibility index (Phi) is 5.10. The Morgan fingerprint density at radius 3 is 2.74 bits per heavy atom. The maximum Gasteiger partial charge on any atom is 0.231 e. The molecule has 1 aliphatic rings. The van der Waals surface area contributed by atoms with Crippen LogP contribution in [0, 0.1) is 0 Å². The normalized spacial score (nSPS) is 12.5. The molecule has 0 aromatic heterocycles. The van der Waals surface area contributed by atoms with Crippen LogP contribution in [0.2, 0.25) is 0 Å². The average molecular weight is 264 g/mol. The van der Waals surface area contributed by atoms with Gasteiger partial charge in [0.25, 0.3) is 0 Å². The molecule has 1 heterocycles. The van der Waals surface area contributed by atoms with Gasteiger partial charge in [-0.15, -0.1) is 6.58 Å². The number of unbranched alkanes of at least 4 members (excludes halogenated alkanes) is 3. The molecule has 4 heteroatoms. The van der Waals surface area contributed by atoms with Crippen LogP contribution in [0.4, 0.5) is 0 Å². The highest BCUT2D eigenvalue weighted by molar-refractivity contribution is 5.51. The Bertz CT molecular complexity index is 428. The van der Waals surface area contributed by atoms with Crippen LogP contribution in [-0.4, -0.2) is 18.5 Å². The van der Waals surface area contributed by atoms with Crippen LogP contribution >= 0.6 is 0 Å². The molecule has 19 heavy (non-hydrogen) atoms. The van der Waals surface area contributed by atoms with E-state index in [1.165, 1.54) is 0 Å². The lowest BCUT2D eigenvalue weighted by Crippen LogP contribution is -2.00. The minimum atomic E-state index is -0.0670. The number of allylic oxidation sites excluding steroid dienone is 1. The van der Waals surface area contributed by atoms with Gasteiger partial charge >= 0.3 is 0 Å². The molecule has 0 radical (unpaired) electrons. The molecule has 0 saturated carbocycles. The summed E-state index contributed by atoms with van der Waals surface area (Å²) < 4.78 is 16.3. The molecule has 0 amide bonds. The van der Waals surface area contributed by atoms with Crippen molar-refractivity contribution in [3.05, 3.63) is 30.4 Å². The van der Waals surface area contributed by atoms with E-state index in [4.69, 9.17) is 14.2 Å². The number of ether oxygens (including phenoxy) is 3. The van der Waals surface area contributed by atoms with Crippen LogP contribution in [0.15, 0.2) is 24.8 Å². The fourth-order valence-electron chi connectivity index (χ4n) is 1.97. The summed E-state index contributed by atoms with van der Waals surface area (Å²) in [5, 5.41) is 9.33. The number of fused-ring (bicyclic) bond motifs is 1. The lowest BCUT2D eigenvalue weighted by atomic mass is 10.2. The SMILES string of the molecule is C=CCCCCCOc1cc2c(cc1CO)OCO2. The Morgan fingerprint density at radius 1 is 1.21 bits per heavy atom. The maximum atomic E-state index is 9.33. The predicted molar refractivity (Wildman–Crippen MR) is 72.6 cm³/mol. The van der Waals surface area contributed by atoms with Crippen molar-refractivity contribution in [3.8, 4) is 17.2 Å².